The fourth-order valence-corrected chi connectivity index (χ4v) is 1.11. The van der Waals surface area contributed by atoms with Crippen molar-refractivity contribution in [2.45, 2.75) is 20.5 Å². The van der Waals surface area contributed by atoms with Gasteiger partial charge in [-0.2, -0.15) is 0 Å². The number of H-pyrrole nitrogens is 1. The van der Waals surface area contributed by atoms with E-state index in [9.17, 15) is 4.79 Å². The molecular formula is C10H17N3O2. The Labute approximate surface area is 88.9 Å². The smallest absolute Gasteiger partial charge is 0.252 e. The molecule has 0 aromatic carbocycles. The maximum absolute atomic E-state index is 11.2. The number of aromatic nitrogens is 2. The maximum Gasteiger partial charge on any atom is 0.252 e. The van der Waals surface area contributed by atoms with Gasteiger partial charge in [0, 0.05) is 19.7 Å². The molecule has 1 aromatic heterocycles. The minimum Gasteiger partial charge on any atom is -0.378 e. The Kier molecular flexibility index (Phi) is 4.30. The summed E-state index contributed by atoms with van der Waals surface area (Å²) in [5, 5.41) is 3.06. The fourth-order valence-electron chi connectivity index (χ4n) is 1.11. The van der Waals surface area contributed by atoms with Gasteiger partial charge in [-0.15, -0.1) is 0 Å². The first-order chi connectivity index (χ1) is 7.11. The average Bonchev–Trinajstić information content (AvgIpc) is 2.14. The molecule has 0 saturated heterocycles. The predicted molar refractivity (Wildman–Crippen MR) is 58.9 cm³/mol. The zero-order valence-electron chi connectivity index (χ0n) is 9.33. The first-order valence-electron chi connectivity index (χ1n) is 4.95. The SMILES string of the molecule is COCc1cc(=O)[nH]c(NCC(C)C)n1. The standard InChI is InChI=1S/C10H17N3O2/c1-7(2)5-11-10-12-8(6-15-3)4-9(14)13-10/h4,7H,5-6H2,1-3H3,(H2,11,12,13,14). The van der Waals surface area contributed by atoms with Crippen LogP contribution in [0, 0.1) is 5.92 Å². The van der Waals surface area contributed by atoms with E-state index in [4.69, 9.17) is 4.74 Å². The van der Waals surface area contributed by atoms with Gasteiger partial charge in [0.2, 0.25) is 5.95 Å². The Bertz CT molecular complexity index is 360. The molecule has 2 N–H and O–H groups in total. The van der Waals surface area contributed by atoms with Crippen LogP contribution in [-0.2, 0) is 11.3 Å². The second-order valence-corrected chi connectivity index (χ2v) is 3.79. The quantitative estimate of drug-likeness (QED) is 0.762. The summed E-state index contributed by atoms with van der Waals surface area (Å²) in [6, 6.07) is 1.43. The fraction of sp³-hybridized carbons (Fsp3) is 0.600. The van der Waals surface area contributed by atoms with Gasteiger partial charge in [-0.05, 0) is 5.92 Å². The highest BCUT2D eigenvalue weighted by Crippen LogP contribution is 2.00. The molecule has 0 atom stereocenters. The molecule has 0 spiro atoms. The lowest BCUT2D eigenvalue weighted by Gasteiger charge is -2.08. The highest BCUT2D eigenvalue weighted by molar-refractivity contribution is 5.24. The van der Waals surface area contributed by atoms with Crippen LogP contribution in [0.5, 0.6) is 0 Å². The lowest BCUT2D eigenvalue weighted by atomic mass is 10.2. The molecule has 0 unspecified atom stereocenters. The summed E-state index contributed by atoms with van der Waals surface area (Å²) in [6.07, 6.45) is 0. The third-order valence-electron chi connectivity index (χ3n) is 1.76. The van der Waals surface area contributed by atoms with Crippen molar-refractivity contribution in [3.8, 4) is 0 Å². The molecule has 15 heavy (non-hydrogen) atoms. The van der Waals surface area contributed by atoms with Crippen LogP contribution in [0.4, 0.5) is 5.95 Å². The summed E-state index contributed by atoms with van der Waals surface area (Å²) in [7, 11) is 1.57. The number of methoxy groups -OCH3 is 1. The highest BCUT2D eigenvalue weighted by Gasteiger charge is 2.01. The summed E-state index contributed by atoms with van der Waals surface area (Å²) in [5.41, 5.74) is 0.468. The molecule has 0 aliphatic carbocycles. The average molecular weight is 211 g/mol. The van der Waals surface area contributed by atoms with Crippen molar-refractivity contribution in [1.29, 1.82) is 0 Å². The van der Waals surface area contributed by atoms with Gasteiger partial charge in [0.15, 0.2) is 0 Å². The van der Waals surface area contributed by atoms with Crippen LogP contribution in [0.1, 0.15) is 19.5 Å². The van der Waals surface area contributed by atoms with Crippen LogP contribution in [0.2, 0.25) is 0 Å². The molecule has 0 aliphatic heterocycles. The third-order valence-corrected chi connectivity index (χ3v) is 1.76. The number of rotatable bonds is 5. The zero-order valence-corrected chi connectivity index (χ0v) is 9.33. The lowest BCUT2D eigenvalue weighted by Crippen LogP contribution is -2.17. The molecule has 0 amide bonds. The van der Waals surface area contributed by atoms with Crippen LogP contribution in [0.3, 0.4) is 0 Å². The summed E-state index contributed by atoms with van der Waals surface area (Å²) in [5.74, 6) is 1.00. The summed E-state index contributed by atoms with van der Waals surface area (Å²) >= 11 is 0. The Balaban J connectivity index is 2.75. The van der Waals surface area contributed by atoms with Gasteiger partial charge in [-0.25, -0.2) is 4.98 Å². The summed E-state index contributed by atoms with van der Waals surface area (Å²) in [4.78, 5) is 18.1. The number of hydrogen-bond acceptors (Lipinski definition) is 4. The predicted octanol–water partition coefficient (Wildman–Crippen LogP) is 0.984. The molecule has 1 rings (SSSR count). The van der Waals surface area contributed by atoms with Crippen LogP contribution in [0.15, 0.2) is 10.9 Å². The molecule has 0 fully saturated rings. The van der Waals surface area contributed by atoms with Crippen molar-refractivity contribution < 1.29 is 4.74 Å². The monoisotopic (exact) mass is 211 g/mol. The van der Waals surface area contributed by atoms with Gasteiger partial charge in [0.05, 0.1) is 12.3 Å². The van der Waals surface area contributed by atoms with Gasteiger partial charge >= 0.3 is 0 Å². The number of aromatic amines is 1. The van der Waals surface area contributed by atoms with Crippen LogP contribution in [-0.4, -0.2) is 23.6 Å². The Morgan fingerprint density at radius 3 is 2.93 bits per heavy atom. The summed E-state index contributed by atoms with van der Waals surface area (Å²) in [6.45, 7) is 5.30. The van der Waals surface area contributed by atoms with E-state index in [-0.39, 0.29) is 5.56 Å². The van der Waals surface area contributed by atoms with Crippen molar-refractivity contribution in [3.05, 3.63) is 22.1 Å². The minimum absolute atomic E-state index is 0.164. The molecule has 5 nitrogen and oxygen atoms in total. The van der Waals surface area contributed by atoms with E-state index >= 15 is 0 Å². The van der Waals surface area contributed by atoms with Gasteiger partial charge in [-0.3, -0.25) is 9.78 Å². The van der Waals surface area contributed by atoms with Crippen molar-refractivity contribution in [1.82, 2.24) is 9.97 Å². The molecule has 84 valence electrons. The van der Waals surface area contributed by atoms with Crippen molar-refractivity contribution in [2.24, 2.45) is 5.92 Å². The molecular weight excluding hydrogens is 194 g/mol. The Hall–Kier alpha value is -1.36. The first kappa shape index (κ1) is 11.7. The third kappa shape index (κ3) is 4.12. The van der Waals surface area contributed by atoms with Gasteiger partial charge < -0.3 is 10.1 Å². The molecule has 1 aromatic rings. The topological polar surface area (TPSA) is 67.0 Å². The van der Waals surface area contributed by atoms with Gasteiger partial charge in [0.25, 0.3) is 5.56 Å². The highest BCUT2D eigenvalue weighted by atomic mass is 16.5. The van der Waals surface area contributed by atoms with Gasteiger partial charge in [0.1, 0.15) is 0 Å². The number of hydrogen-bond donors (Lipinski definition) is 2. The first-order valence-corrected chi connectivity index (χ1v) is 4.95. The van der Waals surface area contributed by atoms with Crippen LogP contribution >= 0.6 is 0 Å². The molecule has 1 heterocycles. The molecule has 0 aliphatic rings. The van der Waals surface area contributed by atoms with E-state index in [1.54, 1.807) is 7.11 Å². The molecule has 5 heteroatoms. The van der Waals surface area contributed by atoms with Crippen LogP contribution < -0.4 is 10.9 Å². The number of ether oxygens (including phenoxy) is 1. The Morgan fingerprint density at radius 2 is 2.33 bits per heavy atom. The molecule has 0 bridgehead atoms. The van der Waals surface area contributed by atoms with Crippen molar-refractivity contribution in [3.63, 3.8) is 0 Å². The Morgan fingerprint density at radius 1 is 1.60 bits per heavy atom. The molecule has 0 radical (unpaired) electrons. The van der Waals surface area contributed by atoms with E-state index < -0.39 is 0 Å². The van der Waals surface area contributed by atoms with Crippen molar-refractivity contribution >= 4 is 5.95 Å². The number of nitrogens with one attached hydrogen (secondary N) is 2. The van der Waals surface area contributed by atoms with E-state index in [0.717, 1.165) is 6.54 Å². The van der Waals surface area contributed by atoms with E-state index in [0.29, 0.717) is 24.2 Å². The van der Waals surface area contributed by atoms with Crippen molar-refractivity contribution in [2.75, 3.05) is 19.0 Å². The van der Waals surface area contributed by atoms with E-state index in [1.165, 1.54) is 6.07 Å². The lowest BCUT2D eigenvalue weighted by molar-refractivity contribution is 0.181. The van der Waals surface area contributed by atoms with E-state index in [2.05, 4.69) is 29.1 Å². The van der Waals surface area contributed by atoms with Crippen LogP contribution in [0.25, 0.3) is 0 Å². The molecule has 0 saturated carbocycles. The second kappa shape index (κ2) is 5.50. The maximum atomic E-state index is 11.2. The number of nitrogens with zero attached hydrogens (tertiary/aromatic N) is 1. The second-order valence-electron chi connectivity index (χ2n) is 3.79. The van der Waals surface area contributed by atoms with Gasteiger partial charge in [-0.1, -0.05) is 13.8 Å². The van der Waals surface area contributed by atoms with E-state index in [1.807, 2.05) is 0 Å². The number of anilines is 1. The minimum atomic E-state index is -0.164. The summed E-state index contributed by atoms with van der Waals surface area (Å²) < 4.78 is 4.92. The normalized spacial score (nSPS) is 10.7. The zero-order chi connectivity index (χ0) is 11.3. The largest absolute Gasteiger partial charge is 0.378 e.